The summed E-state index contributed by atoms with van der Waals surface area (Å²) in [4.78, 5) is 25.7. The lowest BCUT2D eigenvalue weighted by molar-refractivity contribution is -0.145. The number of rotatable bonds is 2. The summed E-state index contributed by atoms with van der Waals surface area (Å²) in [5, 5.41) is 0. The highest BCUT2D eigenvalue weighted by molar-refractivity contribution is 5.85. The summed E-state index contributed by atoms with van der Waals surface area (Å²) in [6, 6.07) is 8.34. The Hall–Kier alpha value is -2.18. The molecule has 26 heavy (non-hydrogen) atoms. The smallest absolute Gasteiger partial charge is 0.253 e. The van der Waals surface area contributed by atoms with Gasteiger partial charge in [-0.15, -0.1) is 12.4 Å². The van der Waals surface area contributed by atoms with Crippen molar-refractivity contribution in [1.29, 1.82) is 0 Å². The molecule has 0 aliphatic carbocycles. The molecule has 3 heterocycles. The van der Waals surface area contributed by atoms with Crippen LogP contribution in [0.5, 0.6) is 0 Å². The van der Waals surface area contributed by atoms with Crippen LogP contribution in [0.4, 0.5) is 5.82 Å². The number of hydrogen-bond donors (Lipinski definition) is 0. The van der Waals surface area contributed by atoms with Crippen molar-refractivity contribution in [3.05, 3.63) is 53.5 Å². The molecule has 1 aromatic carbocycles. The zero-order valence-corrected chi connectivity index (χ0v) is 15.6. The zero-order chi connectivity index (χ0) is 17.2. The summed E-state index contributed by atoms with van der Waals surface area (Å²) in [5.41, 5.74) is 3.45. The Morgan fingerprint density at radius 2 is 1.92 bits per heavy atom. The monoisotopic (exact) mass is 374 g/mol. The number of ether oxygens (including phenoxy) is 1. The molecule has 4 rings (SSSR count). The summed E-state index contributed by atoms with van der Waals surface area (Å²) in [6.07, 6.45) is 3.84. The molecule has 0 bridgehead atoms. The van der Waals surface area contributed by atoms with Crippen molar-refractivity contribution in [2.45, 2.75) is 26.0 Å². The Bertz CT molecular complexity index is 786. The Kier molecular flexibility index (Phi) is 5.74. The number of anilines is 1. The first-order valence-electron chi connectivity index (χ1n) is 8.72. The molecule has 2 aliphatic rings. The van der Waals surface area contributed by atoms with Crippen LogP contribution in [0.15, 0.2) is 36.7 Å². The number of hydrogen-bond acceptors (Lipinski definition) is 5. The fourth-order valence-corrected chi connectivity index (χ4v) is 3.59. The second kappa shape index (κ2) is 8.01. The number of aryl methyl sites for hydroxylation is 1. The summed E-state index contributed by atoms with van der Waals surface area (Å²) in [6.45, 7) is 5.13. The lowest BCUT2D eigenvalue weighted by Crippen LogP contribution is -2.52. The largest absolute Gasteiger partial charge is 0.365 e. The topological polar surface area (TPSA) is 58.6 Å². The van der Waals surface area contributed by atoms with E-state index in [2.05, 4.69) is 33.1 Å². The normalized spacial score (nSPS) is 19.5. The van der Waals surface area contributed by atoms with Gasteiger partial charge in [-0.3, -0.25) is 9.78 Å². The third-order valence-corrected chi connectivity index (χ3v) is 4.94. The summed E-state index contributed by atoms with van der Waals surface area (Å²) >= 11 is 0. The number of aromatic nitrogens is 2. The number of halogens is 1. The Morgan fingerprint density at radius 1 is 1.15 bits per heavy atom. The molecule has 1 aromatic heterocycles. The highest BCUT2D eigenvalue weighted by Crippen LogP contribution is 2.22. The minimum atomic E-state index is -0.444. The van der Waals surface area contributed by atoms with Crippen LogP contribution in [0, 0.1) is 6.92 Å². The highest BCUT2D eigenvalue weighted by atomic mass is 35.5. The van der Waals surface area contributed by atoms with Gasteiger partial charge in [0.05, 0.1) is 18.8 Å². The summed E-state index contributed by atoms with van der Waals surface area (Å²) in [7, 11) is 0. The molecule has 1 amide bonds. The van der Waals surface area contributed by atoms with Gasteiger partial charge >= 0.3 is 0 Å². The number of amides is 1. The summed E-state index contributed by atoms with van der Waals surface area (Å²) < 4.78 is 5.79. The Balaban J connectivity index is 0.00000196. The van der Waals surface area contributed by atoms with E-state index < -0.39 is 6.10 Å². The van der Waals surface area contributed by atoms with Crippen molar-refractivity contribution in [1.82, 2.24) is 14.9 Å². The van der Waals surface area contributed by atoms with Gasteiger partial charge in [-0.05, 0) is 24.5 Å². The van der Waals surface area contributed by atoms with Crippen molar-refractivity contribution < 1.29 is 9.53 Å². The molecule has 0 spiro atoms. The lowest BCUT2D eigenvalue weighted by Gasteiger charge is -2.37. The van der Waals surface area contributed by atoms with Crippen LogP contribution < -0.4 is 4.90 Å². The third-order valence-electron chi connectivity index (χ3n) is 4.94. The van der Waals surface area contributed by atoms with E-state index in [4.69, 9.17) is 4.74 Å². The first kappa shape index (κ1) is 18.6. The molecule has 2 aliphatic heterocycles. The molecule has 1 unspecified atom stereocenters. The molecule has 138 valence electrons. The first-order chi connectivity index (χ1) is 12.2. The SMILES string of the molecule is Cc1nccnc1N1CCOC(C(=O)N2CCc3ccccc3C2)C1.Cl. The minimum absolute atomic E-state index is 0. The minimum Gasteiger partial charge on any atom is -0.365 e. The number of carbonyl (C=O) groups excluding carboxylic acids is 1. The van der Waals surface area contributed by atoms with Gasteiger partial charge in [0.25, 0.3) is 5.91 Å². The number of morpholine rings is 1. The number of benzene rings is 1. The Morgan fingerprint density at radius 3 is 2.73 bits per heavy atom. The highest BCUT2D eigenvalue weighted by Gasteiger charge is 2.32. The molecule has 0 N–H and O–H groups in total. The molecule has 6 nitrogen and oxygen atoms in total. The standard InChI is InChI=1S/C19H22N4O2.ClH/c1-14-18(21-8-7-20-14)22-10-11-25-17(13-22)19(24)23-9-6-15-4-2-3-5-16(15)12-23;/h2-5,7-8,17H,6,9-13H2,1H3;1H. The zero-order valence-electron chi connectivity index (χ0n) is 14.8. The van der Waals surface area contributed by atoms with Crippen LogP contribution in [0.1, 0.15) is 16.8 Å². The number of nitrogens with zero attached hydrogens (tertiary/aromatic N) is 4. The molecule has 1 fully saturated rings. The Labute approximate surface area is 159 Å². The van der Waals surface area contributed by atoms with Crippen molar-refractivity contribution in [3.8, 4) is 0 Å². The van der Waals surface area contributed by atoms with Gasteiger partial charge in [0.1, 0.15) is 5.82 Å². The average Bonchev–Trinajstić information content (AvgIpc) is 2.67. The van der Waals surface area contributed by atoms with Gasteiger partial charge < -0.3 is 14.5 Å². The van der Waals surface area contributed by atoms with Crippen LogP contribution in [-0.2, 0) is 22.5 Å². The van der Waals surface area contributed by atoms with E-state index >= 15 is 0 Å². The van der Waals surface area contributed by atoms with E-state index in [1.807, 2.05) is 17.9 Å². The van der Waals surface area contributed by atoms with E-state index in [1.165, 1.54) is 11.1 Å². The molecule has 0 saturated carbocycles. The maximum atomic E-state index is 13.0. The fourth-order valence-electron chi connectivity index (χ4n) is 3.59. The molecule has 2 aromatic rings. The average molecular weight is 375 g/mol. The molecular formula is C19H23ClN4O2. The van der Waals surface area contributed by atoms with Crippen LogP contribution in [0.3, 0.4) is 0 Å². The van der Waals surface area contributed by atoms with Crippen LogP contribution in [0.2, 0.25) is 0 Å². The van der Waals surface area contributed by atoms with Crippen LogP contribution in [0.25, 0.3) is 0 Å². The van der Waals surface area contributed by atoms with Crippen molar-refractivity contribution in [3.63, 3.8) is 0 Å². The van der Waals surface area contributed by atoms with Gasteiger partial charge in [0, 0.05) is 32.0 Å². The predicted molar refractivity (Wildman–Crippen MR) is 102 cm³/mol. The van der Waals surface area contributed by atoms with E-state index in [9.17, 15) is 4.79 Å². The molecule has 0 radical (unpaired) electrons. The summed E-state index contributed by atoms with van der Waals surface area (Å²) in [5.74, 6) is 0.910. The van der Waals surface area contributed by atoms with Crippen molar-refractivity contribution >= 4 is 24.1 Å². The maximum Gasteiger partial charge on any atom is 0.253 e. The van der Waals surface area contributed by atoms with Gasteiger partial charge in [-0.1, -0.05) is 24.3 Å². The molecule has 1 atom stereocenters. The van der Waals surface area contributed by atoms with Crippen LogP contribution in [-0.4, -0.2) is 53.1 Å². The second-order valence-electron chi connectivity index (χ2n) is 6.55. The van der Waals surface area contributed by atoms with Gasteiger partial charge in [-0.25, -0.2) is 4.98 Å². The molecular weight excluding hydrogens is 352 g/mol. The van der Waals surface area contributed by atoms with Crippen molar-refractivity contribution in [2.75, 3.05) is 31.1 Å². The number of carbonyl (C=O) groups is 1. The lowest BCUT2D eigenvalue weighted by atomic mass is 9.99. The quantitative estimate of drug-likeness (QED) is 0.804. The molecule has 1 saturated heterocycles. The first-order valence-corrected chi connectivity index (χ1v) is 8.72. The fraction of sp³-hybridized carbons (Fsp3) is 0.421. The van der Waals surface area contributed by atoms with Gasteiger partial charge in [0.2, 0.25) is 0 Å². The van der Waals surface area contributed by atoms with E-state index in [0.717, 1.165) is 31.0 Å². The predicted octanol–water partition coefficient (Wildman–Crippen LogP) is 2.00. The second-order valence-corrected chi connectivity index (χ2v) is 6.55. The van der Waals surface area contributed by atoms with Gasteiger partial charge in [0.15, 0.2) is 6.10 Å². The van der Waals surface area contributed by atoms with Gasteiger partial charge in [-0.2, -0.15) is 0 Å². The van der Waals surface area contributed by atoms with E-state index in [1.54, 1.807) is 12.4 Å². The van der Waals surface area contributed by atoms with Crippen molar-refractivity contribution in [2.24, 2.45) is 0 Å². The van der Waals surface area contributed by atoms with E-state index in [-0.39, 0.29) is 18.3 Å². The molecule has 7 heteroatoms. The van der Waals surface area contributed by atoms with E-state index in [0.29, 0.717) is 19.7 Å². The van der Waals surface area contributed by atoms with Crippen LogP contribution >= 0.6 is 12.4 Å². The number of fused-ring (bicyclic) bond motifs is 1. The maximum absolute atomic E-state index is 13.0. The third kappa shape index (κ3) is 3.66.